The summed E-state index contributed by atoms with van der Waals surface area (Å²) in [5.74, 6) is 0. The van der Waals surface area contributed by atoms with Crippen LogP contribution in [0.5, 0.6) is 0 Å². The number of rotatable bonds is 5. The molecule has 0 saturated carbocycles. The molecule has 3 aromatic carbocycles. The van der Waals surface area contributed by atoms with Gasteiger partial charge in [-0.1, -0.05) is 68.8 Å². The minimum Gasteiger partial charge on any atom is -0.233 e. The van der Waals surface area contributed by atoms with Crippen molar-refractivity contribution in [3.63, 3.8) is 0 Å². The highest BCUT2D eigenvalue weighted by Crippen LogP contribution is 2.47. The first-order valence-electron chi connectivity index (χ1n) is 14.4. The van der Waals surface area contributed by atoms with E-state index in [2.05, 4.69) is 44.1 Å². The number of halogens is 3. The van der Waals surface area contributed by atoms with E-state index in [1.165, 1.54) is 12.1 Å². The number of hydrogen-bond acceptors (Lipinski definition) is 3. The van der Waals surface area contributed by atoms with E-state index in [-0.39, 0.29) is 10.3 Å². The van der Waals surface area contributed by atoms with Crippen LogP contribution in [0.4, 0.5) is 13.2 Å². The largest absolute Gasteiger partial charge is 0.416 e. The summed E-state index contributed by atoms with van der Waals surface area (Å²) in [6.07, 6.45) is 1.19. The highest BCUT2D eigenvalue weighted by Gasteiger charge is 2.46. The van der Waals surface area contributed by atoms with Gasteiger partial charge in [-0.3, -0.25) is 0 Å². The first kappa shape index (κ1) is 29.4. The van der Waals surface area contributed by atoms with Gasteiger partial charge >= 0.3 is 6.18 Å². The van der Waals surface area contributed by atoms with Crippen LogP contribution in [0.2, 0.25) is 0 Å². The topological polar surface area (TPSA) is 55.2 Å². The van der Waals surface area contributed by atoms with E-state index < -0.39 is 27.2 Å². The van der Waals surface area contributed by atoms with Crippen molar-refractivity contribution in [3.8, 4) is 5.69 Å². The first-order valence-corrected chi connectivity index (χ1v) is 15.8. The number of hydrogen-bond donors (Lipinski definition) is 0. The molecule has 2 aliphatic rings. The maximum atomic E-state index is 14.0. The zero-order valence-electron chi connectivity index (χ0n) is 24.4. The second-order valence-corrected chi connectivity index (χ2v) is 14.6. The molecule has 1 saturated heterocycles. The molecular formula is C34H34F3N3O2S. The van der Waals surface area contributed by atoms with Crippen molar-refractivity contribution in [3.05, 3.63) is 119 Å². The van der Waals surface area contributed by atoms with Gasteiger partial charge in [-0.2, -0.15) is 22.6 Å². The molecule has 5 nitrogen and oxygen atoms in total. The first-order chi connectivity index (χ1) is 20.3. The molecule has 224 valence electrons. The molecule has 4 aromatic rings. The molecule has 1 unspecified atom stereocenters. The van der Waals surface area contributed by atoms with Gasteiger partial charge in [0.25, 0.3) is 0 Å². The van der Waals surface area contributed by atoms with Crippen LogP contribution in [-0.4, -0.2) is 35.6 Å². The van der Waals surface area contributed by atoms with Gasteiger partial charge in [0.05, 0.1) is 28.0 Å². The van der Waals surface area contributed by atoms with Gasteiger partial charge in [0.1, 0.15) is 0 Å². The maximum Gasteiger partial charge on any atom is 0.416 e. The van der Waals surface area contributed by atoms with Gasteiger partial charge in [0.15, 0.2) is 0 Å². The Balaban J connectivity index is 1.36. The fraction of sp³-hybridized carbons (Fsp3) is 0.324. The molecule has 0 bridgehead atoms. The molecule has 6 rings (SSSR count). The monoisotopic (exact) mass is 605 g/mol. The Kier molecular flexibility index (Phi) is 7.17. The van der Waals surface area contributed by atoms with Crippen molar-refractivity contribution in [2.24, 2.45) is 5.41 Å². The second kappa shape index (κ2) is 10.5. The van der Waals surface area contributed by atoms with E-state index in [0.717, 1.165) is 40.1 Å². The molecule has 1 aliphatic carbocycles. The Morgan fingerprint density at radius 2 is 1.53 bits per heavy atom. The van der Waals surface area contributed by atoms with Gasteiger partial charge in [0.2, 0.25) is 10.0 Å². The van der Waals surface area contributed by atoms with Crippen LogP contribution in [0.3, 0.4) is 0 Å². The number of benzene rings is 3. The third-order valence-electron chi connectivity index (χ3n) is 8.70. The number of alkyl halides is 3. The van der Waals surface area contributed by atoms with Gasteiger partial charge < -0.3 is 0 Å². The van der Waals surface area contributed by atoms with Crippen molar-refractivity contribution >= 4 is 16.1 Å². The molecule has 0 spiro atoms. The molecule has 43 heavy (non-hydrogen) atoms. The van der Waals surface area contributed by atoms with Crippen molar-refractivity contribution in [1.82, 2.24) is 14.1 Å². The van der Waals surface area contributed by atoms with Crippen LogP contribution < -0.4 is 0 Å². The fourth-order valence-electron chi connectivity index (χ4n) is 6.33. The highest BCUT2D eigenvalue weighted by molar-refractivity contribution is 7.89. The molecule has 1 fully saturated rings. The number of piperidine rings is 1. The average Bonchev–Trinajstić information content (AvgIpc) is 3.37. The van der Waals surface area contributed by atoms with E-state index in [1.54, 1.807) is 27.3 Å². The van der Waals surface area contributed by atoms with Gasteiger partial charge in [-0.25, -0.2) is 13.1 Å². The minimum atomic E-state index is -4.41. The Morgan fingerprint density at radius 3 is 2.16 bits per heavy atom. The predicted octanol–water partition coefficient (Wildman–Crippen LogP) is 7.45. The van der Waals surface area contributed by atoms with Crippen molar-refractivity contribution in [2.75, 3.05) is 13.1 Å². The molecule has 2 heterocycles. The summed E-state index contributed by atoms with van der Waals surface area (Å²) >= 11 is 0. The number of nitrogens with zero attached hydrogens (tertiary/aromatic N) is 3. The molecular weight excluding hydrogens is 571 g/mol. The number of fused-ring (bicyclic) bond motifs is 2. The Hall–Kier alpha value is -3.69. The zero-order valence-corrected chi connectivity index (χ0v) is 25.2. The van der Waals surface area contributed by atoms with Crippen LogP contribution in [0.1, 0.15) is 55.1 Å². The molecule has 0 radical (unpaired) electrons. The summed E-state index contributed by atoms with van der Waals surface area (Å²) in [5, 5.41) is 4.56. The quantitative estimate of drug-likeness (QED) is 0.238. The summed E-state index contributed by atoms with van der Waals surface area (Å²) in [5.41, 5.74) is 4.34. The second-order valence-electron chi connectivity index (χ2n) is 12.7. The molecule has 9 heteroatoms. The Bertz CT molecular complexity index is 1770. The van der Waals surface area contributed by atoms with E-state index in [0.29, 0.717) is 38.0 Å². The van der Waals surface area contributed by atoms with Crippen molar-refractivity contribution < 1.29 is 21.6 Å². The molecule has 1 aliphatic heterocycles. The standard InChI is InChI=1S/C34H34F3N3O2S/c1-32(2,3)26-11-15-30(16-12-26)43(41,42)39-18-17-28-19-31-25(21-33(28,23-39)20-24-7-5-4-6-8-24)22-38-40(31)29-13-9-27(10-14-29)34(35,36)37/h4-16,19,22H,17-18,20-21,23H2,1-3H3. The fourth-order valence-corrected chi connectivity index (χ4v) is 7.86. The van der Waals surface area contributed by atoms with E-state index in [4.69, 9.17) is 0 Å². The average molecular weight is 606 g/mol. The Labute approximate surface area is 250 Å². The highest BCUT2D eigenvalue weighted by atomic mass is 32.2. The Morgan fingerprint density at radius 1 is 0.884 bits per heavy atom. The third kappa shape index (κ3) is 5.56. The van der Waals surface area contributed by atoms with E-state index in [1.807, 2.05) is 30.3 Å². The summed E-state index contributed by atoms with van der Waals surface area (Å²) in [4.78, 5) is 0.286. The van der Waals surface area contributed by atoms with Crippen molar-refractivity contribution in [2.45, 2.75) is 56.5 Å². The molecule has 0 amide bonds. The summed E-state index contributed by atoms with van der Waals surface area (Å²) in [7, 11) is -3.74. The SMILES string of the molecule is CC(C)(C)c1ccc(S(=O)(=O)N2CCC3=Cc4c(cnn4-c4ccc(C(F)(F)F)cc4)CC3(Cc3ccccc3)C2)cc1. The lowest BCUT2D eigenvalue weighted by molar-refractivity contribution is -0.137. The molecule has 1 atom stereocenters. The minimum absolute atomic E-state index is 0.0858. The lowest BCUT2D eigenvalue weighted by Crippen LogP contribution is -2.50. The van der Waals surface area contributed by atoms with Crippen LogP contribution in [0.25, 0.3) is 11.8 Å². The van der Waals surface area contributed by atoms with E-state index in [9.17, 15) is 21.6 Å². The van der Waals surface area contributed by atoms with Crippen LogP contribution in [-0.2, 0) is 34.5 Å². The summed E-state index contributed by atoms with van der Waals surface area (Å²) in [6, 6.07) is 22.3. The molecule has 0 N–H and O–H groups in total. The third-order valence-corrected chi connectivity index (χ3v) is 10.6. The lowest BCUT2D eigenvalue weighted by Gasteiger charge is -2.46. The predicted molar refractivity (Wildman–Crippen MR) is 161 cm³/mol. The number of sulfonamides is 1. The van der Waals surface area contributed by atoms with Crippen LogP contribution in [0, 0.1) is 5.41 Å². The summed E-state index contributed by atoms with van der Waals surface area (Å²) < 4.78 is 70.7. The zero-order chi connectivity index (χ0) is 30.6. The smallest absolute Gasteiger partial charge is 0.233 e. The van der Waals surface area contributed by atoms with E-state index >= 15 is 0 Å². The normalized spacial score (nSPS) is 19.4. The van der Waals surface area contributed by atoms with Gasteiger partial charge in [-0.15, -0.1) is 0 Å². The maximum absolute atomic E-state index is 14.0. The lowest BCUT2D eigenvalue weighted by atomic mass is 9.66. The van der Waals surface area contributed by atoms with Gasteiger partial charge in [-0.05, 0) is 83.8 Å². The van der Waals surface area contributed by atoms with Crippen LogP contribution >= 0.6 is 0 Å². The van der Waals surface area contributed by atoms with Gasteiger partial charge in [0, 0.05) is 18.5 Å². The van der Waals surface area contributed by atoms with Crippen molar-refractivity contribution in [1.29, 1.82) is 0 Å². The molecule has 1 aromatic heterocycles. The van der Waals surface area contributed by atoms with Crippen LogP contribution in [0.15, 0.2) is 95.5 Å². The summed E-state index contributed by atoms with van der Waals surface area (Å²) in [6.45, 7) is 6.95. The number of aromatic nitrogens is 2.